The first-order valence-electron chi connectivity index (χ1n) is 10.6. The van der Waals surface area contributed by atoms with E-state index in [1.807, 2.05) is 0 Å². The third-order valence-electron chi connectivity index (χ3n) is 6.65. The zero-order valence-electron chi connectivity index (χ0n) is 16.1. The minimum absolute atomic E-state index is 0.201. The summed E-state index contributed by atoms with van der Waals surface area (Å²) in [6, 6.07) is 22.0. The molecule has 3 atom stereocenters. The number of hydrogen-bond donors (Lipinski definition) is 1. The van der Waals surface area contributed by atoms with E-state index in [0.717, 1.165) is 19.3 Å². The highest BCUT2D eigenvalue weighted by molar-refractivity contribution is 7.73. The van der Waals surface area contributed by atoms with E-state index in [1.165, 1.54) is 42.7 Å². The Kier molecular flexibility index (Phi) is 6.05. The zero-order chi connectivity index (χ0) is 18.7. The van der Waals surface area contributed by atoms with E-state index in [2.05, 4.69) is 60.7 Å². The van der Waals surface area contributed by atoms with Crippen molar-refractivity contribution in [2.45, 2.75) is 62.5 Å². The largest absolute Gasteiger partial charge is 0.399 e. The van der Waals surface area contributed by atoms with Crippen LogP contribution in [0.25, 0.3) is 0 Å². The van der Waals surface area contributed by atoms with Gasteiger partial charge in [-0.25, -0.2) is 0 Å². The summed E-state index contributed by atoms with van der Waals surface area (Å²) in [6.45, 7) is 0. The number of benzene rings is 2. The molecule has 2 aromatic carbocycles. The van der Waals surface area contributed by atoms with E-state index in [1.54, 1.807) is 0 Å². The summed E-state index contributed by atoms with van der Waals surface area (Å²) in [4.78, 5) is 0. The summed E-state index contributed by atoms with van der Waals surface area (Å²) >= 11 is 0. The zero-order valence-corrected chi connectivity index (χ0v) is 17.0. The lowest BCUT2D eigenvalue weighted by molar-refractivity contribution is 0.0729. The van der Waals surface area contributed by atoms with E-state index in [9.17, 15) is 5.11 Å². The Hall–Kier alpha value is -1.11. The maximum absolute atomic E-state index is 11.1. The van der Waals surface area contributed by atoms with Gasteiger partial charge in [0.1, 0.15) is 7.85 Å². The van der Waals surface area contributed by atoms with Crippen LogP contribution in [0.1, 0.15) is 51.4 Å². The highest BCUT2D eigenvalue weighted by Gasteiger charge is 2.47. The smallest absolute Gasteiger partial charge is 0.113 e. The summed E-state index contributed by atoms with van der Waals surface area (Å²) in [5, 5.41) is 13.9. The van der Waals surface area contributed by atoms with Gasteiger partial charge >= 0.3 is 0 Å². The van der Waals surface area contributed by atoms with Crippen LogP contribution in [0.2, 0.25) is 0 Å². The van der Waals surface area contributed by atoms with Crippen molar-refractivity contribution >= 4 is 26.4 Å². The van der Waals surface area contributed by atoms with Gasteiger partial charge in [0.2, 0.25) is 0 Å². The molecule has 2 fully saturated rings. The van der Waals surface area contributed by atoms with Crippen LogP contribution in [0.3, 0.4) is 0 Å². The first-order chi connectivity index (χ1) is 13.2. The lowest BCUT2D eigenvalue weighted by Crippen LogP contribution is -2.45. The van der Waals surface area contributed by atoms with Crippen LogP contribution in [0.15, 0.2) is 60.7 Å². The minimum atomic E-state index is -1.01. The predicted octanol–water partition coefficient (Wildman–Crippen LogP) is 4.73. The Morgan fingerprint density at radius 1 is 0.815 bits per heavy atom. The van der Waals surface area contributed by atoms with Gasteiger partial charge in [0.05, 0.1) is 0 Å². The molecule has 27 heavy (non-hydrogen) atoms. The van der Waals surface area contributed by atoms with Crippen LogP contribution in [-0.2, 0) is 0 Å². The number of rotatable bonds is 5. The van der Waals surface area contributed by atoms with Crippen LogP contribution in [0.5, 0.6) is 0 Å². The number of aliphatic hydroxyl groups is 1. The molecule has 140 valence electrons. The molecule has 0 saturated heterocycles. The molecule has 0 spiro atoms. The van der Waals surface area contributed by atoms with Gasteiger partial charge in [-0.05, 0) is 61.7 Å². The second-order valence-corrected chi connectivity index (χ2v) is 10.8. The quantitative estimate of drug-likeness (QED) is 0.591. The van der Waals surface area contributed by atoms with Crippen molar-refractivity contribution in [3.63, 3.8) is 0 Å². The Balaban J connectivity index is 1.80. The molecule has 0 heterocycles. The van der Waals surface area contributed by atoms with Crippen molar-refractivity contribution in [2.75, 3.05) is 0 Å². The molecule has 2 aromatic rings. The van der Waals surface area contributed by atoms with Crippen LogP contribution in [-0.4, -0.2) is 24.1 Å². The third-order valence-corrected chi connectivity index (χ3v) is 9.73. The summed E-state index contributed by atoms with van der Waals surface area (Å²) in [7, 11) is 5.94. The van der Waals surface area contributed by atoms with Gasteiger partial charge in [0.15, 0.2) is 0 Å². The Bertz CT molecular complexity index is 672. The summed E-state index contributed by atoms with van der Waals surface area (Å²) in [5.41, 5.74) is -0.547. The van der Waals surface area contributed by atoms with Crippen LogP contribution >= 0.6 is 7.92 Å². The molecule has 0 aromatic heterocycles. The molecule has 1 nitrogen and oxygen atoms in total. The monoisotopic (exact) mass is 376 g/mol. The maximum Gasteiger partial charge on any atom is 0.113 e. The van der Waals surface area contributed by atoms with Crippen molar-refractivity contribution in [1.29, 1.82) is 0 Å². The average Bonchev–Trinajstić information content (AvgIpc) is 3.06. The van der Waals surface area contributed by atoms with Gasteiger partial charge in [0.25, 0.3) is 0 Å². The van der Waals surface area contributed by atoms with Crippen molar-refractivity contribution in [1.82, 2.24) is 0 Å². The first kappa shape index (κ1) is 19.2. The average molecular weight is 376 g/mol. The molecule has 0 bridgehead atoms. The highest BCUT2D eigenvalue weighted by atomic mass is 31.1. The normalized spacial score (nSPS) is 27.7. The highest BCUT2D eigenvalue weighted by Crippen LogP contribution is 2.55. The van der Waals surface area contributed by atoms with Crippen LogP contribution in [0, 0.1) is 11.8 Å². The van der Waals surface area contributed by atoms with Crippen LogP contribution < -0.4 is 10.6 Å². The minimum Gasteiger partial charge on any atom is -0.399 e. The second-order valence-electron chi connectivity index (χ2n) is 8.42. The molecule has 0 amide bonds. The van der Waals surface area contributed by atoms with Gasteiger partial charge in [-0.15, -0.1) is 0 Å². The fraction of sp³-hybridized carbons (Fsp3) is 0.500. The summed E-state index contributed by atoms with van der Waals surface area (Å²) < 4.78 is 0. The van der Waals surface area contributed by atoms with E-state index < -0.39 is 13.4 Å². The molecule has 1 unspecified atom stereocenters. The summed E-state index contributed by atoms with van der Waals surface area (Å²) in [5.74, 6) is 0.871. The fourth-order valence-electron chi connectivity index (χ4n) is 5.37. The Morgan fingerprint density at radius 2 is 1.37 bits per heavy atom. The topological polar surface area (TPSA) is 20.2 Å². The van der Waals surface area contributed by atoms with Crippen molar-refractivity contribution in [3.8, 4) is 0 Å². The molecule has 2 aliphatic carbocycles. The molecule has 0 aliphatic heterocycles. The summed E-state index contributed by atoms with van der Waals surface area (Å²) in [6.07, 6.45) is 9.43. The van der Waals surface area contributed by atoms with Crippen molar-refractivity contribution < 1.29 is 5.11 Å². The molecule has 2 radical (unpaired) electrons. The van der Waals surface area contributed by atoms with Crippen molar-refractivity contribution in [3.05, 3.63) is 60.7 Å². The maximum atomic E-state index is 11.1. The van der Waals surface area contributed by atoms with Gasteiger partial charge in [0, 0.05) is 5.50 Å². The molecule has 2 aliphatic rings. The van der Waals surface area contributed by atoms with Crippen LogP contribution in [0.4, 0.5) is 0 Å². The Morgan fingerprint density at radius 3 is 1.85 bits per heavy atom. The van der Waals surface area contributed by atoms with Gasteiger partial charge in [-0.1, -0.05) is 86.3 Å². The third kappa shape index (κ3) is 4.18. The van der Waals surface area contributed by atoms with E-state index in [-0.39, 0.29) is 5.92 Å². The predicted molar refractivity (Wildman–Crippen MR) is 117 cm³/mol. The van der Waals surface area contributed by atoms with Gasteiger partial charge in [-0.2, -0.15) is 0 Å². The number of hydrogen-bond acceptors (Lipinski definition) is 1. The van der Waals surface area contributed by atoms with E-state index in [0.29, 0.717) is 11.6 Å². The van der Waals surface area contributed by atoms with E-state index in [4.69, 9.17) is 7.85 Å². The van der Waals surface area contributed by atoms with Crippen molar-refractivity contribution in [2.24, 2.45) is 11.8 Å². The lowest BCUT2D eigenvalue weighted by atomic mass is 9.68. The first-order valence-corrected chi connectivity index (χ1v) is 12.0. The SMILES string of the molecule is [B][C@@]1(O)CCC[C@@H]1C(C1CCCCC1)P(c1ccccc1)c1ccccc1. The van der Waals surface area contributed by atoms with E-state index >= 15 is 0 Å². The molecule has 3 heteroatoms. The Labute approximate surface area is 166 Å². The molecular weight excluding hydrogens is 346 g/mol. The lowest BCUT2D eigenvalue weighted by Gasteiger charge is -2.44. The molecular formula is C24H30BOP. The fourth-order valence-corrected chi connectivity index (χ4v) is 8.83. The molecule has 2 saturated carbocycles. The second kappa shape index (κ2) is 8.50. The van der Waals surface area contributed by atoms with Gasteiger partial charge in [-0.3, -0.25) is 0 Å². The van der Waals surface area contributed by atoms with Gasteiger partial charge < -0.3 is 5.11 Å². The standard InChI is InChI=1S/C24H30BOP/c25-24(26)18-10-17-22(24)23(19-11-4-1-5-12-19)27(20-13-6-2-7-14-20)21-15-8-3-9-16-21/h2-3,6-9,13-16,19,22-23,26H,1,4-5,10-12,17-18H2/t22-,23?,24-/m1/s1. The molecule has 4 rings (SSSR count). The molecule has 1 N–H and O–H groups in total.